The SMILES string of the molecule is OC[C@@H]1CCCN1C1Cc2ccccc2C1. The van der Waals surface area contributed by atoms with Crippen LogP contribution in [0.25, 0.3) is 0 Å². The third kappa shape index (κ3) is 1.66. The summed E-state index contributed by atoms with van der Waals surface area (Å²) >= 11 is 0. The lowest BCUT2D eigenvalue weighted by atomic mass is 10.1. The molecule has 2 aliphatic rings. The molecule has 1 aliphatic carbocycles. The van der Waals surface area contributed by atoms with Gasteiger partial charge in [-0.2, -0.15) is 0 Å². The summed E-state index contributed by atoms with van der Waals surface area (Å²) in [6, 6.07) is 9.82. The van der Waals surface area contributed by atoms with Gasteiger partial charge in [0.15, 0.2) is 0 Å². The highest BCUT2D eigenvalue weighted by Crippen LogP contribution is 2.30. The van der Waals surface area contributed by atoms with Crippen molar-refractivity contribution in [3.63, 3.8) is 0 Å². The van der Waals surface area contributed by atoms with Gasteiger partial charge in [-0.1, -0.05) is 24.3 Å². The molecule has 0 bridgehead atoms. The number of likely N-dealkylation sites (tertiary alicyclic amines) is 1. The Kier molecular flexibility index (Phi) is 2.70. The van der Waals surface area contributed by atoms with Gasteiger partial charge in [0, 0.05) is 12.1 Å². The van der Waals surface area contributed by atoms with Crippen LogP contribution in [0.3, 0.4) is 0 Å². The van der Waals surface area contributed by atoms with Gasteiger partial charge in [-0.15, -0.1) is 0 Å². The number of rotatable bonds is 2. The molecule has 1 N–H and O–H groups in total. The van der Waals surface area contributed by atoms with Crippen molar-refractivity contribution in [2.75, 3.05) is 13.2 Å². The molecule has 2 heteroatoms. The molecule has 0 spiro atoms. The molecule has 1 aliphatic heterocycles. The van der Waals surface area contributed by atoms with Crippen LogP contribution in [0.1, 0.15) is 24.0 Å². The van der Waals surface area contributed by atoms with Crippen LogP contribution in [0, 0.1) is 0 Å². The van der Waals surface area contributed by atoms with Crippen molar-refractivity contribution in [3.05, 3.63) is 35.4 Å². The minimum atomic E-state index is 0.326. The monoisotopic (exact) mass is 217 g/mol. The zero-order valence-corrected chi connectivity index (χ0v) is 9.60. The van der Waals surface area contributed by atoms with E-state index in [9.17, 15) is 5.11 Å². The Bertz CT molecular complexity index is 352. The Balaban J connectivity index is 1.76. The van der Waals surface area contributed by atoms with Crippen LogP contribution in [0.4, 0.5) is 0 Å². The third-order valence-corrected chi connectivity index (χ3v) is 4.13. The first kappa shape index (κ1) is 10.3. The topological polar surface area (TPSA) is 23.5 Å². The molecule has 3 rings (SSSR count). The largest absolute Gasteiger partial charge is 0.395 e. The molecule has 86 valence electrons. The molecule has 1 heterocycles. The Morgan fingerprint density at radius 1 is 1.19 bits per heavy atom. The van der Waals surface area contributed by atoms with Crippen LogP contribution in [0.2, 0.25) is 0 Å². The molecule has 1 aromatic rings. The van der Waals surface area contributed by atoms with Crippen LogP contribution in [-0.2, 0) is 12.8 Å². The van der Waals surface area contributed by atoms with E-state index >= 15 is 0 Å². The maximum atomic E-state index is 9.37. The lowest BCUT2D eigenvalue weighted by Gasteiger charge is -2.29. The molecule has 0 amide bonds. The van der Waals surface area contributed by atoms with E-state index in [2.05, 4.69) is 29.2 Å². The first-order chi connectivity index (χ1) is 7.88. The Morgan fingerprint density at radius 2 is 1.88 bits per heavy atom. The fourth-order valence-corrected chi connectivity index (χ4v) is 3.30. The van der Waals surface area contributed by atoms with Crippen LogP contribution >= 0.6 is 0 Å². The van der Waals surface area contributed by atoms with Crippen molar-refractivity contribution in [1.29, 1.82) is 0 Å². The molecule has 0 radical (unpaired) electrons. The predicted octanol–water partition coefficient (Wildman–Crippen LogP) is 1.61. The quantitative estimate of drug-likeness (QED) is 0.813. The summed E-state index contributed by atoms with van der Waals surface area (Å²) < 4.78 is 0. The Morgan fingerprint density at radius 3 is 2.50 bits per heavy atom. The third-order valence-electron chi connectivity index (χ3n) is 4.13. The van der Waals surface area contributed by atoms with Gasteiger partial charge >= 0.3 is 0 Å². The fraction of sp³-hybridized carbons (Fsp3) is 0.571. The van der Waals surface area contributed by atoms with E-state index in [4.69, 9.17) is 0 Å². The second kappa shape index (κ2) is 4.19. The summed E-state index contributed by atoms with van der Waals surface area (Å²) in [4.78, 5) is 2.53. The zero-order valence-electron chi connectivity index (χ0n) is 9.60. The summed E-state index contributed by atoms with van der Waals surface area (Å²) in [5.41, 5.74) is 3.02. The summed E-state index contributed by atoms with van der Waals surface area (Å²) in [5.74, 6) is 0. The lowest BCUT2D eigenvalue weighted by molar-refractivity contribution is 0.122. The van der Waals surface area contributed by atoms with E-state index in [0.717, 1.165) is 0 Å². The minimum Gasteiger partial charge on any atom is -0.395 e. The molecule has 1 atom stereocenters. The number of hydrogen-bond donors (Lipinski definition) is 1. The molecule has 0 aromatic heterocycles. The van der Waals surface area contributed by atoms with Crippen LogP contribution < -0.4 is 0 Å². The average Bonchev–Trinajstić information content (AvgIpc) is 2.94. The van der Waals surface area contributed by atoms with Gasteiger partial charge in [0.25, 0.3) is 0 Å². The smallest absolute Gasteiger partial charge is 0.0586 e. The predicted molar refractivity (Wildman–Crippen MR) is 64.5 cm³/mol. The second-order valence-corrected chi connectivity index (χ2v) is 5.05. The standard InChI is InChI=1S/C14H19NO/c16-10-13-6-3-7-15(13)14-8-11-4-1-2-5-12(11)9-14/h1-2,4-5,13-14,16H,3,6-10H2/t13-/m0/s1. The molecule has 1 aromatic carbocycles. The van der Waals surface area contributed by atoms with Gasteiger partial charge in [-0.3, -0.25) is 4.90 Å². The molecule has 16 heavy (non-hydrogen) atoms. The molecule has 1 fully saturated rings. The fourth-order valence-electron chi connectivity index (χ4n) is 3.30. The van der Waals surface area contributed by atoms with E-state index in [1.165, 1.54) is 43.4 Å². The maximum Gasteiger partial charge on any atom is 0.0586 e. The molecule has 1 saturated heterocycles. The van der Waals surface area contributed by atoms with E-state index in [1.807, 2.05) is 0 Å². The van der Waals surface area contributed by atoms with Crippen LogP contribution in [0.5, 0.6) is 0 Å². The molecular weight excluding hydrogens is 198 g/mol. The van der Waals surface area contributed by atoms with E-state index < -0.39 is 0 Å². The number of aliphatic hydroxyl groups is 1. The minimum absolute atomic E-state index is 0.326. The van der Waals surface area contributed by atoms with E-state index in [1.54, 1.807) is 0 Å². The van der Waals surface area contributed by atoms with Crippen molar-refractivity contribution in [2.24, 2.45) is 0 Å². The molecule has 0 saturated carbocycles. The van der Waals surface area contributed by atoms with Crippen molar-refractivity contribution < 1.29 is 5.11 Å². The van der Waals surface area contributed by atoms with Crippen LogP contribution in [0.15, 0.2) is 24.3 Å². The summed E-state index contributed by atoms with van der Waals surface area (Å²) in [6.45, 7) is 1.50. The van der Waals surface area contributed by atoms with Crippen LogP contribution in [-0.4, -0.2) is 35.2 Å². The van der Waals surface area contributed by atoms with Gasteiger partial charge in [-0.25, -0.2) is 0 Å². The highest BCUT2D eigenvalue weighted by molar-refractivity contribution is 5.33. The van der Waals surface area contributed by atoms with Gasteiger partial charge in [0.2, 0.25) is 0 Å². The number of nitrogens with zero attached hydrogens (tertiary/aromatic N) is 1. The molecular formula is C14H19NO. The van der Waals surface area contributed by atoms with Crippen molar-refractivity contribution in [1.82, 2.24) is 4.90 Å². The normalized spacial score (nSPS) is 26.2. The summed E-state index contributed by atoms with van der Waals surface area (Å²) in [6.07, 6.45) is 4.76. The average molecular weight is 217 g/mol. The highest BCUT2D eigenvalue weighted by atomic mass is 16.3. The Labute approximate surface area is 96.9 Å². The number of benzene rings is 1. The Hall–Kier alpha value is -0.860. The number of hydrogen-bond acceptors (Lipinski definition) is 2. The van der Waals surface area contributed by atoms with E-state index in [0.29, 0.717) is 18.7 Å². The van der Waals surface area contributed by atoms with Gasteiger partial charge in [0.05, 0.1) is 6.61 Å². The molecule has 2 nitrogen and oxygen atoms in total. The molecule has 0 unspecified atom stereocenters. The van der Waals surface area contributed by atoms with Gasteiger partial charge in [-0.05, 0) is 43.4 Å². The van der Waals surface area contributed by atoms with Crippen molar-refractivity contribution in [2.45, 2.75) is 37.8 Å². The first-order valence-electron chi connectivity index (χ1n) is 6.32. The van der Waals surface area contributed by atoms with Gasteiger partial charge < -0.3 is 5.11 Å². The lowest BCUT2D eigenvalue weighted by Crippen LogP contribution is -2.41. The van der Waals surface area contributed by atoms with Crippen molar-refractivity contribution in [3.8, 4) is 0 Å². The summed E-state index contributed by atoms with van der Waals surface area (Å²) in [7, 11) is 0. The second-order valence-electron chi connectivity index (χ2n) is 5.05. The first-order valence-corrected chi connectivity index (χ1v) is 6.32. The number of aliphatic hydroxyl groups excluding tert-OH is 1. The summed E-state index contributed by atoms with van der Waals surface area (Å²) in [5, 5.41) is 9.37. The van der Waals surface area contributed by atoms with Crippen molar-refractivity contribution >= 4 is 0 Å². The maximum absolute atomic E-state index is 9.37. The highest BCUT2D eigenvalue weighted by Gasteiger charge is 2.33. The van der Waals surface area contributed by atoms with E-state index in [-0.39, 0.29) is 0 Å². The van der Waals surface area contributed by atoms with Gasteiger partial charge in [0.1, 0.15) is 0 Å². The zero-order chi connectivity index (χ0) is 11.0. The number of fused-ring (bicyclic) bond motifs is 1.